The molecule has 11 nitrogen and oxygen atoms in total. The molecule has 0 saturated carbocycles. The number of carbonyl (C=O) groups excluding carboxylic acids is 3. The average molecular weight is 838 g/mol. The van der Waals surface area contributed by atoms with Crippen molar-refractivity contribution in [3.8, 4) is 11.3 Å². The second-order valence-corrected chi connectivity index (χ2v) is 18.3. The Morgan fingerprint density at radius 1 is 0.900 bits per heavy atom. The van der Waals surface area contributed by atoms with Crippen molar-refractivity contribution in [2.75, 3.05) is 43.1 Å². The van der Waals surface area contributed by atoms with E-state index in [9.17, 15) is 24.6 Å². The van der Waals surface area contributed by atoms with Crippen LogP contribution in [0.15, 0.2) is 85.1 Å². The maximum atomic E-state index is 13.9. The Bertz CT molecular complexity index is 2060. The molecule has 322 valence electrons. The van der Waals surface area contributed by atoms with Crippen LogP contribution in [0.4, 0.5) is 11.4 Å². The SMILES string of the molecule is CCN(CC)c1ccc(NC(=O)c2cccc(CSC(C)(C)CCOC(C)(C)CCC(=O)NC(CO)CO)c2)c(-c2cc(C(=O)NC3CCCc4ccccc43)ccn2)c1. The minimum Gasteiger partial charge on any atom is -0.394 e. The van der Waals surface area contributed by atoms with Gasteiger partial charge in [0.25, 0.3) is 11.8 Å². The van der Waals surface area contributed by atoms with Gasteiger partial charge in [0, 0.05) is 65.2 Å². The smallest absolute Gasteiger partial charge is 0.255 e. The molecular weight excluding hydrogens is 775 g/mol. The Labute approximate surface area is 360 Å². The molecular formula is C48H63N5O6S. The standard InChI is InChI=1S/C48H63N5O6S/c1-7-53(8-2)38-19-20-42(40(29-38)43-28-36(22-25-49-43)46(58)51-41-18-12-15-34-14-9-10-17-39(34)41)52-45(57)35-16-11-13-33(27-35)32-60-48(5,6)24-26-59-47(3,4)23-21-44(56)50-37(30-54)31-55/h9-11,13-14,16-17,19-20,22,25,27-29,37,41,54-55H,7-8,12,15,18,21,23-24,26,30-32H2,1-6H3,(H,50,56)(H,51,58)(H,52,57). The van der Waals surface area contributed by atoms with Gasteiger partial charge in [0.05, 0.1) is 42.3 Å². The van der Waals surface area contributed by atoms with Crippen molar-refractivity contribution >= 4 is 40.9 Å². The zero-order valence-corrected chi connectivity index (χ0v) is 36.9. The monoisotopic (exact) mass is 837 g/mol. The van der Waals surface area contributed by atoms with Crippen LogP contribution in [0.1, 0.15) is 117 Å². The fraction of sp³-hybridized carbons (Fsp3) is 0.458. The van der Waals surface area contributed by atoms with Crippen molar-refractivity contribution < 1.29 is 29.3 Å². The van der Waals surface area contributed by atoms with Gasteiger partial charge in [-0.05, 0) is 119 Å². The third kappa shape index (κ3) is 13.1. The molecule has 1 unspecified atom stereocenters. The molecule has 3 aromatic carbocycles. The molecule has 0 saturated heterocycles. The summed E-state index contributed by atoms with van der Waals surface area (Å²) in [7, 11) is 0. The molecule has 0 aliphatic heterocycles. The first-order chi connectivity index (χ1) is 28.7. The van der Waals surface area contributed by atoms with Gasteiger partial charge >= 0.3 is 0 Å². The van der Waals surface area contributed by atoms with Crippen LogP contribution in [0.25, 0.3) is 11.3 Å². The van der Waals surface area contributed by atoms with Crippen LogP contribution >= 0.6 is 11.8 Å². The predicted octanol–water partition coefficient (Wildman–Crippen LogP) is 8.10. The molecule has 0 fully saturated rings. The zero-order valence-electron chi connectivity index (χ0n) is 36.1. The van der Waals surface area contributed by atoms with Crippen molar-refractivity contribution in [3.63, 3.8) is 0 Å². The summed E-state index contributed by atoms with van der Waals surface area (Å²) in [6.07, 6.45) is 6.09. The lowest BCUT2D eigenvalue weighted by Gasteiger charge is -2.29. The number of aliphatic hydroxyl groups is 2. The van der Waals surface area contributed by atoms with Gasteiger partial charge in [-0.3, -0.25) is 19.4 Å². The van der Waals surface area contributed by atoms with E-state index >= 15 is 0 Å². The first-order valence-electron chi connectivity index (χ1n) is 21.2. The van der Waals surface area contributed by atoms with Crippen LogP contribution in [-0.2, 0) is 21.7 Å². The number of aliphatic hydroxyl groups excluding tert-OH is 2. The molecule has 1 heterocycles. The maximum absolute atomic E-state index is 13.9. The Balaban J connectivity index is 1.24. The number of carbonyl (C=O) groups is 3. The summed E-state index contributed by atoms with van der Waals surface area (Å²) in [4.78, 5) is 46.8. The lowest BCUT2D eigenvalue weighted by Crippen LogP contribution is -2.40. The summed E-state index contributed by atoms with van der Waals surface area (Å²) in [5, 5.41) is 27.5. The maximum Gasteiger partial charge on any atom is 0.255 e. The van der Waals surface area contributed by atoms with E-state index in [2.05, 4.69) is 60.7 Å². The van der Waals surface area contributed by atoms with Gasteiger partial charge in [-0.25, -0.2) is 0 Å². The van der Waals surface area contributed by atoms with Crippen molar-refractivity contribution in [2.45, 2.75) is 108 Å². The van der Waals surface area contributed by atoms with Crippen LogP contribution in [0.2, 0.25) is 0 Å². The average Bonchev–Trinajstić information content (AvgIpc) is 3.25. The quantitative estimate of drug-likeness (QED) is 0.0561. The summed E-state index contributed by atoms with van der Waals surface area (Å²) in [5.74, 6) is 0.0686. The van der Waals surface area contributed by atoms with Gasteiger partial charge in [0.15, 0.2) is 0 Å². The molecule has 1 aliphatic rings. The van der Waals surface area contributed by atoms with Crippen molar-refractivity contribution in [3.05, 3.63) is 113 Å². The summed E-state index contributed by atoms with van der Waals surface area (Å²) in [5.41, 5.74) is 6.93. The normalized spacial score (nSPS) is 14.1. The van der Waals surface area contributed by atoms with Gasteiger partial charge in [-0.2, -0.15) is 11.8 Å². The largest absolute Gasteiger partial charge is 0.394 e. The van der Waals surface area contributed by atoms with Crippen molar-refractivity contribution in [2.24, 2.45) is 0 Å². The minimum atomic E-state index is -0.656. The second-order valence-electron chi connectivity index (χ2n) is 16.6. The van der Waals surface area contributed by atoms with Crippen LogP contribution < -0.4 is 20.9 Å². The number of ether oxygens (including phenoxy) is 1. The third-order valence-electron chi connectivity index (χ3n) is 11.1. The molecule has 0 radical (unpaired) electrons. The van der Waals surface area contributed by atoms with E-state index in [1.54, 1.807) is 30.1 Å². The Hall–Kier alpha value is -4.75. The number of pyridine rings is 1. The molecule has 0 bridgehead atoms. The number of hydrogen-bond acceptors (Lipinski definition) is 9. The van der Waals surface area contributed by atoms with Gasteiger partial charge in [0.1, 0.15) is 0 Å². The van der Waals surface area contributed by atoms with Crippen molar-refractivity contribution in [1.29, 1.82) is 0 Å². The molecule has 1 aliphatic carbocycles. The lowest BCUT2D eigenvalue weighted by molar-refractivity contribution is -0.124. The highest BCUT2D eigenvalue weighted by Gasteiger charge is 2.26. The number of rotatable bonds is 21. The van der Waals surface area contributed by atoms with Crippen LogP contribution in [0.3, 0.4) is 0 Å². The van der Waals surface area contributed by atoms with E-state index in [1.165, 1.54) is 11.1 Å². The van der Waals surface area contributed by atoms with Gasteiger partial charge in [0.2, 0.25) is 5.91 Å². The summed E-state index contributed by atoms with van der Waals surface area (Å²) < 4.78 is 6.07. The van der Waals surface area contributed by atoms with Crippen LogP contribution in [0, 0.1) is 0 Å². The van der Waals surface area contributed by atoms with Gasteiger partial charge in [-0.1, -0.05) is 50.2 Å². The van der Waals surface area contributed by atoms with E-state index in [0.717, 1.165) is 55.6 Å². The lowest BCUT2D eigenvalue weighted by atomic mass is 9.87. The Kier molecular flexibility index (Phi) is 16.7. The van der Waals surface area contributed by atoms with Crippen LogP contribution in [0.5, 0.6) is 0 Å². The summed E-state index contributed by atoms with van der Waals surface area (Å²) in [6.45, 7) is 14.0. The highest BCUT2D eigenvalue weighted by molar-refractivity contribution is 7.99. The molecule has 12 heteroatoms. The molecule has 5 N–H and O–H groups in total. The molecule has 0 spiro atoms. The number of anilines is 2. The summed E-state index contributed by atoms with van der Waals surface area (Å²) >= 11 is 1.79. The number of nitrogens with one attached hydrogen (secondary N) is 3. The zero-order chi connectivity index (χ0) is 43.3. The number of aryl methyl sites for hydroxylation is 1. The number of aromatic nitrogens is 1. The number of thioether (sulfide) groups is 1. The molecule has 4 aromatic rings. The summed E-state index contributed by atoms with van der Waals surface area (Å²) in [6, 6.07) is 24.8. The molecule has 5 rings (SSSR count). The number of benzene rings is 3. The number of amides is 3. The Morgan fingerprint density at radius 3 is 2.40 bits per heavy atom. The first-order valence-corrected chi connectivity index (χ1v) is 22.2. The van der Waals surface area contributed by atoms with E-state index in [4.69, 9.17) is 9.72 Å². The van der Waals surface area contributed by atoms with Gasteiger partial charge < -0.3 is 35.8 Å². The second kappa shape index (κ2) is 21.7. The fourth-order valence-corrected chi connectivity index (χ4v) is 8.32. The van der Waals surface area contributed by atoms with E-state index in [1.807, 2.05) is 68.4 Å². The van der Waals surface area contributed by atoms with Gasteiger partial charge in [-0.15, -0.1) is 0 Å². The third-order valence-corrected chi connectivity index (χ3v) is 12.6. The van der Waals surface area contributed by atoms with E-state index in [-0.39, 0.29) is 48.1 Å². The highest BCUT2D eigenvalue weighted by Crippen LogP contribution is 2.35. The molecule has 1 aromatic heterocycles. The van der Waals surface area contributed by atoms with E-state index < -0.39 is 11.6 Å². The fourth-order valence-electron chi connectivity index (χ4n) is 7.36. The van der Waals surface area contributed by atoms with Crippen LogP contribution in [-0.4, -0.2) is 82.2 Å². The number of hydrogen-bond donors (Lipinski definition) is 5. The predicted molar refractivity (Wildman–Crippen MR) is 243 cm³/mol. The number of nitrogens with zero attached hydrogens (tertiary/aromatic N) is 2. The molecule has 1 atom stereocenters. The highest BCUT2D eigenvalue weighted by atomic mass is 32.2. The Morgan fingerprint density at radius 2 is 1.65 bits per heavy atom. The van der Waals surface area contributed by atoms with Crippen molar-refractivity contribution in [1.82, 2.24) is 15.6 Å². The number of fused-ring (bicyclic) bond motifs is 1. The molecule has 3 amide bonds. The first kappa shape index (κ1) is 46.3. The van der Waals surface area contributed by atoms with E-state index in [0.29, 0.717) is 41.3 Å². The minimum absolute atomic E-state index is 0.0503. The molecule has 60 heavy (non-hydrogen) atoms. The topological polar surface area (TPSA) is 153 Å².